The molecule has 1 atom stereocenters. The minimum Gasteiger partial charge on any atom is -0.330 e. The maximum Gasteiger partial charge on any atom is 0.243 e. The van der Waals surface area contributed by atoms with Gasteiger partial charge in [-0.2, -0.15) is 0 Å². The Kier molecular flexibility index (Phi) is 4.38. The quantitative estimate of drug-likeness (QED) is 0.806. The predicted molar refractivity (Wildman–Crippen MR) is 71.9 cm³/mol. The van der Waals surface area contributed by atoms with Crippen molar-refractivity contribution in [1.82, 2.24) is 4.90 Å². The molecule has 2 amide bonds. The van der Waals surface area contributed by atoms with Gasteiger partial charge in [0, 0.05) is 18.7 Å². The van der Waals surface area contributed by atoms with Crippen LogP contribution >= 0.6 is 11.8 Å². The summed E-state index contributed by atoms with van der Waals surface area (Å²) in [7, 11) is 0. The summed E-state index contributed by atoms with van der Waals surface area (Å²) in [5.41, 5.74) is 6.39. The van der Waals surface area contributed by atoms with Gasteiger partial charge in [-0.1, -0.05) is 30.3 Å². The van der Waals surface area contributed by atoms with Gasteiger partial charge in [-0.15, -0.1) is 11.8 Å². The largest absolute Gasteiger partial charge is 0.330 e. The predicted octanol–water partition coefficient (Wildman–Crippen LogP) is 1.01. The molecule has 0 saturated carbocycles. The highest BCUT2D eigenvalue weighted by Crippen LogP contribution is 2.26. The van der Waals surface area contributed by atoms with E-state index in [1.165, 1.54) is 16.7 Å². The van der Waals surface area contributed by atoms with Crippen molar-refractivity contribution < 1.29 is 9.59 Å². The van der Waals surface area contributed by atoms with E-state index in [4.69, 9.17) is 5.73 Å². The summed E-state index contributed by atoms with van der Waals surface area (Å²) in [6, 6.07) is 9.56. The van der Waals surface area contributed by atoms with Gasteiger partial charge in [0.15, 0.2) is 0 Å². The molecule has 4 nitrogen and oxygen atoms in total. The first-order valence-electron chi connectivity index (χ1n) is 5.92. The van der Waals surface area contributed by atoms with Gasteiger partial charge >= 0.3 is 0 Å². The molecule has 2 N–H and O–H groups in total. The first-order valence-corrected chi connectivity index (χ1v) is 6.97. The number of nitrogens with zero attached hydrogens (tertiary/aromatic N) is 1. The molecule has 1 saturated heterocycles. The van der Waals surface area contributed by atoms with Crippen LogP contribution in [0.15, 0.2) is 30.3 Å². The Bertz CT molecular complexity index is 436. The van der Waals surface area contributed by atoms with Crippen LogP contribution in [0.3, 0.4) is 0 Å². The van der Waals surface area contributed by atoms with Crippen molar-refractivity contribution in [2.24, 2.45) is 5.73 Å². The summed E-state index contributed by atoms with van der Waals surface area (Å²) < 4.78 is 0. The second-order valence-corrected chi connectivity index (χ2v) is 5.47. The zero-order valence-corrected chi connectivity index (χ0v) is 10.9. The number of hydrogen-bond donors (Lipinski definition) is 1. The molecule has 18 heavy (non-hydrogen) atoms. The second kappa shape index (κ2) is 6.02. The SMILES string of the molecule is NCCS[C@@H]1CC(=O)N(Cc2ccccc2)C1=O. The summed E-state index contributed by atoms with van der Waals surface area (Å²) in [5, 5.41) is -0.246. The Morgan fingerprint density at radius 2 is 2.00 bits per heavy atom. The van der Waals surface area contributed by atoms with Crippen LogP contribution in [0.5, 0.6) is 0 Å². The topological polar surface area (TPSA) is 63.4 Å². The summed E-state index contributed by atoms with van der Waals surface area (Å²) in [6.07, 6.45) is 0.302. The summed E-state index contributed by atoms with van der Waals surface area (Å²) in [6.45, 7) is 0.902. The molecule has 96 valence electrons. The van der Waals surface area contributed by atoms with E-state index in [0.29, 0.717) is 25.3 Å². The molecule has 1 aliphatic rings. The zero-order chi connectivity index (χ0) is 13.0. The fourth-order valence-corrected chi connectivity index (χ4v) is 2.88. The Labute approximate surface area is 111 Å². The lowest BCUT2D eigenvalue weighted by atomic mass is 10.2. The van der Waals surface area contributed by atoms with Crippen LogP contribution in [0, 0.1) is 0 Å². The molecule has 0 aromatic heterocycles. The smallest absolute Gasteiger partial charge is 0.243 e. The molecule has 0 aliphatic carbocycles. The van der Waals surface area contributed by atoms with Crippen LogP contribution in [-0.4, -0.2) is 34.3 Å². The number of thioether (sulfide) groups is 1. The molecule has 0 bridgehead atoms. The molecular weight excluding hydrogens is 248 g/mol. The number of amides is 2. The molecule has 1 aliphatic heterocycles. The van der Waals surface area contributed by atoms with Gasteiger partial charge in [-0.3, -0.25) is 14.5 Å². The highest BCUT2D eigenvalue weighted by atomic mass is 32.2. The van der Waals surface area contributed by atoms with Crippen LogP contribution in [0.25, 0.3) is 0 Å². The van der Waals surface area contributed by atoms with Crippen LogP contribution < -0.4 is 5.73 Å². The third-order valence-electron chi connectivity index (χ3n) is 2.82. The molecule has 1 fully saturated rings. The Morgan fingerprint density at radius 1 is 1.28 bits per heavy atom. The fraction of sp³-hybridized carbons (Fsp3) is 0.385. The van der Waals surface area contributed by atoms with Gasteiger partial charge in [0.05, 0.1) is 11.8 Å². The van der Waals surface area contributed by atoms with Crippen molar-refractivity contribution in [2.75, 3.05) is 12.3 Å². The van der Waals surface area contributed by atoms with Crippen molar-refractivity contribution in [2.45, 2.75) is 18.2 Å². The van der Waals surface area contributed by atoms with E-state index >= 15 is 0 Å². The number of benzene rings is 1. The van der Waals surface area contributed by atoms with E-state index in [9.17, 15) is 9.59 Å². The van der Waals surface area contributed by atoms with E-state index in [-0.39, 0.29) is 17.1 Å². The Balaban J connectivity index is 2.01. The minimum absolute atomic E-state index is 0.0812. The molecule has 0 spiro atoms. The first kappa shape index (κ1) is 13.1. The van der Waals surface area contributed by atoms with E-state index in [1.54, 1.807) is 0 Å². The van der Waals surface area contributed by atoms with Crippen LogP contribution in [0.1, 0.15) is 12.0 Å². The van der Waals surface area contributed by atoms with Crippen LogP contribution in [0.4, 0.5) is 0 Å². The number of imide groups is 1. The monoisotopic (exact) mass is 264 g/mol. The second-order valence-electron chi connectivity index (χ2n) is 4.16. The van der Waals surface area contributed by atoms with E-state index in [0.717, 1.165) is 5.56 Å². The van der Waals surface area contributed by atoms with E-state index in [1.807, 2.05) is 30.3 Å². The molecule has 1 aromatic carbocycles. The number of rotatable bonds is 5. The summed E-state index contributed by atoms with van der Waals surface area (Å²) >= 11 is 1.47. The maximum absolute atomic E-state index is 12.1. The highest BCUT2D eigenvalue weighted by Gasteiger charge is 2.38. The van der Waals surface area contributed by atoms with Gasteiger partial charge in [-0.05, 0) is 5.56 Å². The van der Waals surface area contributed by atoms with Crippen molar-refractivity contribution >= 4 is 23.6 Å². The number of carbonyl (C=O) groups excluding carboxylic acids is 2. The fourth-order valence-electron chi connectivity index (χ4n) is 1.93. The lowest BCUT2D eigenvalue weighted by Crippen LogP contribution is -2.30. The van der Waals surface area contributed by atoms with Crippen molar-refractivity contribution in [3.8, 4) is 0 Å². The summed E-state index contributed by atoms with van der Waals surface area (Å²) in [4.78, 5) is 25.2. The van der Waals surface area contributed by atoms with Gasteiger partial charge in [0.25, 0.3) is 0 Å². The standard InChI is InChI=1S/C13H16N2O2S/c14-6-7-18-11-8-12(16)15(13(11)17)9-10-4-2-1-3-5-10/h1-5,11H,6-9,14H2/t11-/m1/s1. The Hall–Kier alpha value is -1.33. The Morgan fingerprint density at radius 3 is 2.67 bits per heavy atom. The van der Waals surface area contributed by atoms with Gasteiger partial charge in [0.2, 0.25) is 11.8 Å². The van der Waals surface area contributed by atoms with Gasteiger partial charge in [-0.25, -0.2) is 0 Å². The molecule has 5 heteroatoms. The third-order valence-corrected chi connectivity index (χ3v) is 4.07. The maximum atomic E-state index is 12.1. The van der Waals surface area contributed by atoms with Crippen LogP contribution in [-0.2, 0) is 16.1 Å². The van der Waals surface area contributed by atoms with Gasteiger partial charge in [0.1, 0.15) is 0 Å². The lowest BCUT2D eigenvalue weighted by Gasteiger charge is -2.14. The average Bonchev–Trinajstić information content (AvgIpc) is 2.65. The molecule has 2 rings (SSSR count). The zero-order valence-electron chi connectivity index (χ0n) is 10.0. The molecule has 0 unspecified atom stereocenters. The number of likely N-dealkylation sites (tertiary alicyclic amines) is 1. The number of nitrogens with two attached hydrogens (primary N) is 1. The highest BCUT2D eigenvalue weighted by molar-refractivity contribution is 8.00. The third kappa shape index (κ3) is 2.91. The summed E-state index contributed by atoms with van der Waals surface area (Å²) in [5.74, 6) is 0.545. The molecule has 1 heterocycles. The molecular formula is C13H16N2O2S. The number of carbonyl (C=O) groups is 2. The average molecular weight is 264 g/mol. The first-order chi connectivity index (χ1) is 8.72. The lowest BCUT2D eigenvalue weighted by molar-refractivity contribution is -0.138. The van der Waals surface area contributed by atoms with Crippen molar-refractivity contribution in [1.29, 1.82) is 0 Å². The van der Waals surface area contributed by atoms with E-state index in [2.05, 4.69) is 0 Å². The molecule has 1 aromatic rings. The minimum atomic E-state index is -0.246. The van der Waals surface area contributed by atoms with Gasteiger partial charge < -0.3 is 5.73 Å². The normalized spacial score (nSPS) is 19.6. The number of hydrogen-bond acceptors (Lipinski definition) is 4. The molecule has 0 radical (unpaired) electrons. The van der Waals surface area contributed by atoms with Crippen molar-refractivity contribution in [3.63, 3.8) is 0 Å². The van der Waals surface area contributed by atoms with E-state index < -0.39 is 0 Å². The van der Waals surface area contributed by atoms with Crippen molar-refractivity contribution in [3.05, 3.63) is 35.9 Å². The van der Waals surface area contributed by atoms with Crippen LogP contribution in [0.2, 0.25) is 0 Å².